The molecular formula is C32H63N2O6P. The lowest BCUT2D eigenvalue weighted by molar-refractivity contribution is -0.123. The Kier molecular flexibility index (Phi) is 28.3. The molecule has 0 fully saturated rings. The molecule has 0 aliphatic heterocycles. The van der Waals surface area contributed by atoms with Crippen molar-refractivity contribution in [3.8, 4) is 0 Å². The molecule has 0 radical (unpaired) electrons. The summed E-state index contributed by atoms with van der Waals surface area (Å²) in [6.45, 7) is 4.03. The number of unbranched alkanes of at least 4 members (excludes halogenated alkanes) is 16. The highest BCUT2D eigenvalue weighted by Gasteiger charge is 2.26. The van der Waals surface area contributed by atoms with Crippen LogP contribution in [0, 0.1) is 0 Å². The number of phosphoric acid groups is 1. The third-order valence-corrected chi connectivity index (χ3v) is 8.01. The Morgan fingerprint density at radius 3 is 1.88 bits per heavy atom. The highest BCUT2D eigenvalue weighted by molar-refractivity contribution is 7.47. The van der Waals surface area contributed by atoms with Crippen molar-refractivity contribution in [1.82, 2.24) is 5.32 Å². The van der Waals surface area contributed by atoms with Crippen molar-refractivity contribution in [3.05, 3.63) is 24.3 Å². The van der Waals surface area contributed by atoms with Gasteiger partial charge in [-0.15, -0.1) is 0 Å². The second kappa shape index (κ2) is 29.1. The quantitative estimate of drug-likeness (QED) is 0.0374. The van der Waals surface area contributed by atoms with Gasteiger partial charge in [-0.1, -0.05) is 128 Å². The molecule has 0 saturated carbocycles. The van der Waals surface area contributed by atoms with E-state index in [9.17, 15) is 19.4 Å². The lowest BCUT2D eigenvalue weighted by atomic mass is 10.0. The van der Waals surface area contributed by atoms with Crippen LogP contribution < -0.4 is 11.1 Å². The molecule has 0 aromatic carbocycles. The molecule has 0 heterocycles. The van der Waals surface area contributed by atoms with Crippen LogP contribution in [0.25, 0.3) is 0 Å². The summed E-state index contributed by atoms with van der Waals surface area (Å²) in [6.07, 6.45) is 29.4. The summed E-state index contributed by atoms with van der Waals surface area (Å²) in [5.41, 5.74) is 5.32. The average Bonchev–Trinajstić information content (AvgIpc) is 2.95. The summed E-state index contributed by atoms with van der Waals surface area (Å²) in [4.78, 5) is 22.4. The Bertz CT molecular complexity index is 704. The Labute approximate surface area is 251 Å². The second-order valence-electron chi connectivity index (χ2n) is 11.0. The highest BCUT2D eigenvalue weighted by Crippen LogP contribution is 2.43. The number of aliphatic hydroxyl groups is 1. The van der Waals surface area contributed by atoms with Crippen molar-refractivity contribution in [2.75, 3.05) is 19.8 Å². The summed E-state index contributed by atoms with van der Waals surface area (Å²) >= 11 is 0. The van der Waals surface area contributed by atoms with Gasteiger partial charge in [0.1, 0.15) is 0 Å². The third kappa shape index (κ3) is 27.6. The van der Waals surface area contributed by atoms with E-state index in [4.69, 9.17) is 14.8 Å². The number of nitrogens with one attached hydrogen (secondary N) is 1. The van der Waals surface area contributed by atoms with E-state index in [2.05, 4.69) is 31.3 Å². The van der Waals surface area contributed by atoms with Crippen LogP contribution in [0.2, 0.25) is 0 Å². The number of nitrogens with two attached hydrogens (primary N) is 1. The Morgan fingerprint density at radius 1 is 0.780 bits per heavy atom. The van der Waals surface area contributed by atoms with Gasteiger partial charge in [0.05, 0.1) is 25.4 Å². The number of hydrogen-bond donors (Lipinski definition) is 4. The molecule has 41 heavy (non-hydrogen) atoms. The van der Waals surface area contributed by atoms with Gasteiger partial charge in [-0.2, -0.15) is 0 Å². The van der Waals surface area contributed by atoms with Gasteiger partial charge in [-0.3, -0.25) is 13.8 Å². The van der Waals surface area contributed by atoms with Crippen LogP contribution in [0.1, 0.15) is 142 Å². The minimum Gasteiger partial charge on any atom is -0.387 e. The lowest BCUT2D eigenvalue weighted by Gasteiger charge is -2.23. The van der Waals surface area contributed by atoms with Crippen molar-refractivity contribution < 1.29 is 28.4 Å². The number of carbonyl (C=O) groups is 1. The molecule has 0 aliphatic carbocycles. The molecule has 0 aliphatic rings. The first-order valence-electron chi connectivity index (χ1n) is 16.5. The maximum Gasteiger partial charge on any atom is 0.472 e. The van der Waals surface area contributed by atoms with E-state index in [0.717, 1.165) is 38.5 Å². The van der Waals surface area contributed by atoms with Gasteiger partial charge >= 0.3 is 7.82 Å². The largest absolute Gasteiger partial charge is 0.472 e. The van der Waals surface area contributed by atoms with E-state index < -0.39 is 20.0 Å². The zero-order valence-corrected chi connectivity index (χ0v) is 27.2. The minimum atomic E-state index is -4.33. The first-order chi connectivity index (χ1) is 19.9. The van der Waals surface area contributed by atoms with Gasteiger partial charge in [-0.25, -0.2) is 4.57 Å². The Morgan fingerprint density at radius 2 is 1.29 bits per heavy atom. The van der Waals surface area contributed by atoms with Crippen LogP contribution in [-0.4, -0.2) is 47.8 Å². The minimum absolute atomic E-state index is 0.0750. The molecule has 0 aromatic rings. The van der Waals surface area contributed by atoms with Crippen molar-refractivity contribution in [3.63, 3.8) is 0 Å². The van der Waals surface area contributed by atoms with Crippen molar-refractivity contribution in [2.24, 2.45) is 5.73 Å². The lowest BCUT2D eigenvalue weighted by Crippen LogP contribution is -2.45. The molecule has 3 atom stereocenters. The SMILES string of the molecule is CCCCC/C=C/CC/C=C/C(O)C(COP(=O)(O)OCCN)NC(=O)CCCCCCCCCCCCCCC. The smallest absolute Gasteiger partial charge is 0.387 e. The van der Waals surface area contributed by atoms with E-state index in [1.54, 1.807) is 6.08 Å². The predicted molar refractivity (Wildman–Crippen MR) is 171 cm³/mol. The predicted octanol–water partition coefficient (Wildman–Crippen LogP) is 7.88. The fourth-order valence-electron chi connectivity index (χ4n) is 4.50. The molecule has 0 aromatic heterocycles. The monoisotopic (exact) mass is 602 g/mol. The fourth-order valence-corrected chi connectivity index (χ4v) is 5.26. The second-order valence-corrected chi connectivity index (χ2v) is 12.5. The first-order valence-corrected chi connectivity index (χ1v) is 18.0. The van der Waals surface area contributed by atoms with Gasteiger partial charge in [0.2, 0.25) is 5.91 Å². The van der Waals surface area contributed by atoms with E-state index in [-0.39, 0.29) is 25.7 Å². The van der Waals surface area contributed by atoms with E-state index >= 15 is 0 Å². The van der Waals surface area contributed by atoms with E-state index in [1.165, 1.54) is 83.5 Å². The number of aliphatic hydroxyl groups excluding tert-OH is 1. The van der Waals surface area contributed by atoms with Gasteiger partial charge in [0, 0.05) is 13.0 Å². The number of allylic oxidation sites excluding steroid dienone is 3. The standard InChI is InChI=1S/C32H63N2O6P/c1-3-5-7-9-11-13-14-15-16-18-20-22-24-26-32(36)34-30(29-40-41(37,38)39-28-27-33)31(35)25-23-21-19-17-12-10-8-6-4-2/h12,17,23,25,30-31,35H,3-11,13-16,18-22,24,26-29,33H2,1-2H3,(H,34,36)(H,37,38)/b17-12+,25-23+. The molecule has 9 heteroatoms. The van der Waals surface area contributed by atoms with Gasteiger partial charge in [0.15, 0.2) is 0 Å². The molecule has 5 N–H and O–H groups in total. The summed E-state index contributed by atoms with van der Waals surface area (Å²) < 4.78 is 21.9. The van der Waals surface area contributed by atoms with Crippen LogP contribution in [0.5, 0.6) is 0 Å². The van der Waals surface area contributed by atoms with Crippen LogP contribution in [0.15, 0.2) is 24.3 Å². The van der Waals surface area contributed by atoms with Crippen LogP contribution >= 0.6 is 7.82 Å². The Balaban J connectivity index is 4.40. The van der Waals surface area contributed by atoms with E-state index in [0.29, 0.717) is 6.42 Å². The summed E-state index contributed by atoms with van der Waals surface area (Å²) in [5, 5.41) is 13.5. The van der Waals surface area contributed by atoms with Crippen LogP contribution in [0.4, 0.5) is 0 Å². The summed E-state index contributed by atoms with van der Waals surface area (Å²) in [7, 11) is -4.33. The van der Waals surface area contributed by atoms with Gasteiger partial charge in [-0.05, 0) is 32.1 Å². The molecule has 3 unspecified atom stereocenters. The van der Waals surface area contributed by atoms with Gasteiger partial charge < -0.3 is 21.1 Å². The highest BCUT2D eigenvalue weighted by atomic mass is 31.2. The third-order valence-electron chi connectivity index (χ3n) is 7.03. The number of carbonyl (C=O) groups excluding carboxylic acids is 1. The number of amides is 1. The van der Waals surface area contributed by atoms with Crippen molar-refractivity contribution >= 4 is 13.7 Å². The molecule has 0 rings (SSSR count). The number of phosphoric ester groups is 1. The maximum absolute atomic E-state index is 12.6. The normalized spacial score (nSPS) is 15.0. The number of hydrogen-bond acceptors (Lipinski definition) is 6. The fraction of sp³-hybridized carbons (Fsp3) is 0.844. The molecule has 0 bridgehead atoms. The van der Waals surface area contributed by atoms with Crippen molar-refractivity contribution in [1.29, 1.82) is 0 Å². The zero-order chi connectivity index (χ0) is 30.4. The number of rotatable bonds is 30. The zero-order valence-electron chi connectivity index (χ0n) is 26.3. The molecule has 8 nitrogen and oxygen atoms in total. The topological polar surface area (TPSA) is 131 Å². The van der Waals surface area contributed by atoms with Crippen molar-refractivity contribution in [2.45, 2.75) is 154 Å². The average molecular weight is 603 g/mol. The molecule has 0 saturated heterocycles. The first kappa shape index (κ1) is 40.0. The molecular weight excluding hydrogens is 539 g/mol. The van der Waals surface area contributed by atoms with Crippen LogP contribution in [-0.2, 0) is 18.4 Å². The Hall–Kier alpha value is -1.02. The van der Waals surface area contributed by atoms with E-state index in [1.807, 2.05) is 6.08 Å². The summed E-state index contributed by atoms with van der Waals surface area (Å²) in [5.74, 6) is -0.209. The van der Waals surface area contributed by atoms with Crippen LogP contribution in [0.3, 0.4) is 0 Å². The molecule has 242 valence electrons. The molecule has 1 amide bonds. The van der Waals surface area contributed by atoms with Gasteiger partial charge in [0.25, 0.3) is 0 Å². The maximum atomic E-state index is 12.6. The molecule has 0 spiro atoms. The summed E-state index contributed by atoms with van der Waals surface area (Å²) in [6, 6.07) is -0.868.